The van der Waals surface area contributed by atoms with E-state index >= 15 is 0 Å². The van der Waals surface area contributed by atoms with Gasteiger partial charge in [-0.15, -0.1) is 0 Å². The van der Waals surface area contributed by atoms with Crippen LogP contribution in [0.25, 0.3) is 0 Å². The fourth-order valence-electron chi connectivity index (χ4n) is 0.931. The molecule has 0 aromatic heterocycles. The smallest absolute Gasteiger partial charge is 0.239 e. The molecule has 1 atom stereocenters. The van der Waals surface area contributed by atoms with Crippen LogP contribution in [-0.4, -0.2) is 42.9 Å². The second-order valence-electron chi connectivity index (χ2n) is 2.83. The number of amides is 2. The van der Waals surface area contributed by atoms with E-state index in [0.29, 0.717) is 6.54 Å². The summed E-state index contributed by atoms with van der Waals surface area (Å²) in [6.45, 7) is 4.03. The van der Waals surface area contributed by atoms with Gasteiger partial charge in [-0.2, -0.15) is 0 Å². The number of nitrogens with one attached hydrogen (secondary N) is 1. The molecule has 5 nitrogen and oxygen atoms in total. The average Bonchev–Trinajstić information content (AvgIpc) is 2.11. The van der Waals surface area contributed by atoms with Crippen LogP contribution in [0.4, 0.5) is 0 Å². The average molecular weight is 187 g/mol. The number of likely N-dealkylation sites (N-methyl/N-ethyl adjacent to an activating group) is 2. The summed E-state index contributed by atoms with van der Waals surface area (Å²) in [7, 11) is 1.70. The third-order valence-electron chi connectivity index (χ3n) is 1.84. The summed E-state index contributed by atoms with van der Waals surface area (Å²) >= 11 is 0. The van der Waals surface area contributed by atoms with Crippen molar-refractivity contribution in [2.45, 2.75) is 19.9 Å². The number of primary amides is 1. The Hall–Kier alpha value is -1.10. The Kier molecular flexibility index (Phi) is 5.06. The van der Waals surface area contributed by atoms with E-state index in [1.807, 2.05) is 6.92 Å². The monoisotopic (exact) mass is 187 g/mol. The second-order valence-corrected chi connectivity index (χ2v) is 2.83. The Morgan fingerprint density at radius 3 is 2.38 bits per heavy atom. The molecular weight excluding hydrogens is 170 g/mol. The van der Waals surface area contributed by atoms with E-state index in [2.05, 4.69) is 5.32 Å². The van der Waals surface area contributed by atoms with Gasteiger partial charge >= 0.3 is 0 Å². The van der Waals surface area contributed by atoms with E-state index in [1.165, 1.54) is 4.90 Å². The molecule has 76 valence electrons. The van der Waals surface area contributed by atoms with Crippen molar-refractivity contribution in [3.8, 4) is 0 Å². The summed E-state index contributed by atoms with van der Waals surface area (Å²) < 4.78 is 0. The fourth-order valence-corrected chi connectivity index (χ4v) is 0.931. The summed E-state index contributed by atoms with van der Waals surface area (Å²) in [5.74, 6) is -0.595. The van der Waals surface area contributed by atoms with Crippen molar-refractivity contribution in [1.82, 2.24) is 10.2 Å². The first-order chi connectivity index (χ1) is 6.02. The molecule has 0 aliphatic rings. The largest absolute Gasteiger partial charge is 0.368 e. The van der Waals surface area contributed by atoms with Crippen LogP contribution in [0.5, 0.6) is 0 Å². The highest BCUT2D eigenvalue weighted by Crippen LogP contribution is 1.93. The van der Waals surface area contributed by atoms with Crippen LogP contribution in [0.2, 0.25) is 0 Å². The highest BCUT2D eigenvalue weighted by molar-refractivity contribution is 5.86. The first-order valence-electron chi connectivity index (χ1n) is 4.27. The minimum atomic E-state index is -0.487. The minimum Gasteiger partial charge on any atom is -0.368 e. The molecule has 0 aromatic carbocycles. The summed E-state index contributed by atoms with van der Waals surface area (Å²) in [6.07, 6.45) is 0. The highest BCUT2D eigenvalue weighted by atomic mass is 16.2. The number of nitrogens with zero attached hydrogens (tertiary/aromatic N) is 1. The zero-order valence-electron chi connectivity index (χ0n) is 8.33. The quantitative estimate of drug-likeness (QED) is 0.575. The van der Waals surface area contributed by atoms with Crippen LogP contribution in [0.3, 0.4) is 0 Å². The van der Waals surface area contributed by atoms with E-state index in [0.717, 1.165) is 0 Å². The fraction of sp³-hybridized carbons (Fsp3) is 0.750. The summed E-state index contributed by atoms with van der Waals surface area (Å²) in [6, 6.07) is -0.278. The zero-order chi connectivity index (χ0) is 10.4. The second kappa shape index (κ2) is 5.53. The normalized spacial score (nSPS) is 12.2. The Morgan fingerprint density at radius 1 is 1.54 bits per heavy atom. The van der Waals surface area contributed by atoms with E-state index in [9.17, 15) is 9.59 Å². The third-order valence-corrected chi connectivity index (χ3v) is 1.84. The van der Waals surface area contributed by atoms with Crippen LogP contribution < -0.4 is 11.1 Å². The molecule has 2 amide bonds. The molecule has 0 spiro atoms. The van der Waals surface area contributed by atoms with Crippen molar-refractivity contribution in [3.63, 3.8) is 0 Å². The minimum absolute atomic E-state index is 0.0125. The molecule has 5 heteroatoms. The van der Waals surface area contributed by atoms with Crippen molar-refractivity contribution in [3.05, 3.63) is 0 Å². The lowest BCUT2D eigenvalue weighted by Crippen LogP contribution is -2.46. The van der Waals surface area contributed by atoms with Crippen molar-refractivity contribution in [2.75, 3.05) is 20.1 Å². The summed E-state index contributed by atoms with van der Waals surface area (Å²) in [5.41, 5.74) is 5.00. The molecular formula is C8H17N3O2. The van der Waals surface area contributed by atoms with E-state index in [-0.39, 0.29) is 18.5 Å². The lowest BCUT2D eigenvalue weighted by Gasteiger charge is -2.22. The number of nitrogens with two attached hydrogens (primary N) is 1. The van der Waals surface area contributed by atoms with Crippen LogP contribution in [0.15, 0.2) is 0 Å². The third kappa shape index (κ3) is 3.89. The van der Waals surface area contributed by atoms with Gasteiger partial charge in [0.2, 0.25) is 11.8 Å². The van der Waals surface area contributed by atoms with Gasteiger partial charge in [-0.3, -0.25) is 9.59 Å². The van der Waals surface area contributed by atoms with Crippen LogP contribution in [0.1, 0.15) is 13.8 Å². The Morgan fingerprint density at radius 2 is 2.08 bits per heavy atom. The SMILES string of the molecule is CCN(CC(N)=O)C(=O)C(C)NC. The van der Waals surface area contributed by atoms with Crippen LogP contribution >= 0.6 is 0 Å². The Labute approximate surface area is 78.3 Å². The molecule has 0 bridgehead atoms. The molecule has 0 heterocycles. The molecule has 0 aromatic rings. The predicted octanol–water partition coefficient (Wildman–Crippen LogP) is -1.07. The molecule has 1 unspecified atom stereocenters. The number of hydrogen-bond donors (Lipinski definition) is 2. The zero-order valence-corrected chi connectivity index (χ0v) is 8.33. The molecule has 0 saturated carbocycles. The van der Waals surface area contributed by atoms with E-state index in [4.69, 9.17) is 5.73 Å². The van der Waals surface area contributed by atoms with Gasteiger partial charge < -0.3 is 16.0 Å². The molecule has 0 radical (unpaired) electrons. The maximum atomic E-state index is 11.5. The molecule has 3 N–H and O–H groups in total. The topological polar surface area (TPSA) is 75.4 Å². The molecule has 13 heavy (non-hydrogen) atoms. The summed E-state index contributed by atoms with van der Waals surface area (Å²) in [5, 5.41) is 2.81. The van der Waals surface area contributed by atoms with Crippen molar-refractivity contribution in [2.24, 2.45) is 5.73 Å². The maximum absolute atomic E-state index is 11.5. The molecule has 0 saturated heterocycles. The lowest BCUT2D eigenvalue weighted by atomic mass is 10.3. The molecule has 0 rings (SSSR count). The van der Waals surface area contributed by atoms with Crippen molar-refractivity contribution >= 4 is 11.8 Å². The van der Waals surface area contributed by atoms with Gasteiger partial charge in [-0.1, -0.05) is 0 Å². The number of carbonyl (C=O) groups is 2. The van der Waals surface area contributed by atoms with Crippen molar-refractivity contribution < 1.29 is 9.59 Å². The first kappa shape index (κ1) is 11.9. The standard InChI is InChI=1S/C8H17N3O2/c1-4-11(5-7(9)12)8(13)6(2)10-3/h6,10H,4-5H2,1-3H3,(H2,9,12). The van der Waals surface area contributed by atoms with Gasteiger partial charge in [0.15, 0.2) is 0 Å². The van der Waals surface area contributed by atoms with E-state index < -0.39 is 5.91 Å². The van der Waals surface area contributed by atoms with Gasteiger partial charge in [-0.05, 0) is 20.9 Å². The first-order valence-corrected chi connectivity index (χ1v) is 4.27. The van der Waals surface area contributed by atoms with E-state index in [1.54, 1.807) is 14.0 Å². The molecule has 0 aliphatic heterocycles. The number of carbonyl (C=O) groups excluding carboxylic acids is 2. The van der Waals surface area contributed by atoms with Crippen LogP contribution in [-0.2, 0) is 9.59 Å². The Bertz CT molecular complexity index is 194. The molecule has 0 aliphatic carbocycles. The molecule has 0 fully saturated rings. The predicted molar refractivity (Wildman–Crippen MR) is 50.0 cm³/mol. The van der Waals surface area contributed by atoms with Gasteiger partial charge in [-0.25, -0.2) is 0 Å². The van der Waals surface area contributed by atoms with Gasteiger partial charge in [0.05, 0.1) is 12.6 Å². The van der Waals surface area contributed by atoms with Gasteiger partial charge in [0.25, 0.3) is 0 Å². The van der Waals surface area contributed by atoms with Crippen molar-refractivity contribution in [1.29, 1.82) is 0 Å². The highest BCUT2D eigenvalue weighted by Gasteiger charge is 2.18. The Balaban J connectivity index is 4.22. The van der Waals surface area contributed by atoms with Gasteiger partial charge in [0, 0.05) is 6.54 Å². The number of hydrogen-bond acceptors (Lipinski definition) is 3. The summed E-state index contributed by atoms with van der Waals surface area (Å²) in [4.78, 5) is 23.5. The van der Waals surface area contributed by atoms with Gasteiger partial charge in [0.1, 0.15) is 0 Å². The lowest BCUT2D eigenvalue weighted by molar-refractivity contribution is -0.136. The van der Waals surface area contributed by atoms with Crippen LogP contribution in [0, 0.1) is 0 Å². The maximum Gasteiger partial charge on any atom is 0.239 e. The number of rotatable bonds is 5.